The smallest absolute Gasteiger partial charge is 0.164 e. The molecule has 0 amide bonds. The third kappa shape index (κ3) is 18.8. The van der Waals surface area contributed by atoms with Crippen LogP contribution in [-0.2, 0) is 12.8 Å². The molecule has 8 rings (SSSR count). The van der Waals surface area contributed by atoms with Crippen molar-refractivity contribution in [3.05, 3.63) is 280 Å². The van der Waals surface area contributed by atoms with Crippen LogP contribution in [0.4, 0.5) is 11.4 Å². The third-order valence-corrected chi connectivity index (χ3v) is 11.9. The van der Waals surface area contributed by atoms with E-state index in [9.17, 15) is 0 Å². The molecule has 0 bridgehead atoms. The Labute approximate surface area is 461 Å². The van der Waals surface area contributed by atoms with Gasteiger partial charge in [0, 0.05) is 42.2 Å². The first-order valence-electron chi connectivity index (χ1n) is 26.0. The van der Waals surface area contributed by atoms with E-state index in [4.69, 9.17) is 15.0 Å². The van der Waals surface area contributed by atoms with Gasteiger partial charge in [0.25, 0.3) is 0 Å². The molecule has 0 saturated heterocycles. The monoisotopic (exact) mass is 1010 g/mol. The van der Waals surface area contributed by atoms with Gasteiger partial charge in [-0.15, -0.1) is 26.0 Å². The minimum absolute atomic E-state index is 0.618. The number of terminal acetylenes is 1. The van der Waals surface area contributed by atoms with Crippen LogP contribution >= 0.6 is 0 Å². The average molecular weight is 1010 g/mol. The Bertz CT molecular complexity index is 3180. The molecule has 388 valence electrons. The molecule has 0 aliphatic heterocycles. The molecule has 1 heterocycles. The Morgan fingerprint density at radius 1 is 0.455 bits per heavy atom. The molecule has 5 nitrogen and oxygen atoms in total. The van der Waals surface area contributed by atoms with Crippen LogP contribution in [0.15, 0.2) is 264 Å². The lowest BCUT2D eigenvalue weighted by Gasteiger charge is -2.13. The largest absolute Gasteiger partial charge is 0.388 e. The summed E-state index contributed by atoms with van der Waals surface area (Å²) < 4.78 is 0. The van der Waals surface area contributed by atoms with Gasteiger partial charge in [0.1, 0.15) is 0 Å². The van der Waals surface area contributed by atoms with Gasteiger partial charge in [-0.2, -0.15) is 0 Å². The standard InChI is InChI=1S/C57H51N5.C7H10.C4H6.C2H6.C2H2/c1-5-7-13-43(21-18-40-19-32-53(58-3)33-20-40)44-22-26-47(27-23-44)55-60-56(62-57(61-55)52-37-41(12-6-2)36-51(39-52)42-14-9-8-10-15-42)48-28-24-45(25-29-48)49-16-11-17-50(38-49)46-30-34-54(59-4)35-31-46;1-3-5-7-6-4-2;1-3-4-2;2*1-2/h5-11,14-17,19-39,58-59H,2,12-13,18H2,1,3-4H3;3-5,7H,1-2,6H2;3-4H,1-2H2;1-2H3;1-2H/b7-5-,43-21+;7-5+;;;. The van der Waals surface area contributed by atoms with E-state index in [1.54, 1.807) is 18.2 Å². The van der Waals surface area contributed by atoms with Crippen molar-refractivity contribution in [1.82, 2.24) is 15.0 Å². The number of benzene rings is 7. The molecule has 0 spiro atoms. The zero-order chi connectivity index (χ0) is 55.6. The van der Waals surface area contributed by atoms with Crippen molar-refractivity contribution in [2.75, 3.05) is 24.7 Å². The predicted molar refractivity (Wildman–Crippen MR) is 339 cm³/mol. The molecule has 0 saturated carbocycles. The second-order valence-electron chi connectivity index (χ2n) is 17.0. The van der Waals surface area contributed by atoms with E-state index in [1.165, 1.54) is 27.8 Å². The molecule has 8 aromatic rings. The van der Waals surface area contributed by atoms with Crippen molar-refractivity contribution in [3.8, 4) is 80.4 Å². The van der Waals surface area contributed by atoms with Gasteiger partial charge in [-0.3, -0.25) is 0 Å². The van der Waals surface area contributed by atoms with Crippen LogP contribution in [0.25, 0.3) is 73.1 Å². The molecule has 0 aliphatic carbocycles. The summed E-state index contributed by atoms with van der Waals surface area (Å²) >= 11 is 0. The van der Waals surface area contributed by atoms with Gasteiger partial charge in [0.2, 0.25) is 0 Å². The summed E-state index contributed by atoms with van der Waals surface area (Å²) in [6, 6.07) is 60.0. The summed E-state index contributed by atoms with van der Waals surface area (Å²) in [6.45, 7) is 23.9. The summed E-state index contributed by atoms with van der Waals surface area (Å²) in [5.74, 6) is 1.86. The summed E-state index contributed by atoms with van der Waals surface area (Å²) in [5, 5.41) is 6.41. The first-order valence-corrected chi connectivity index (χ1v) is 26.0. The number of anilines is 2. The SMILES string of the molecule is C#C.C=C/C=C/CC=C.C=CC=C.C=CCc1cc(-c2ccccc2)cc(-c2nc(-c3ccc(/C(=C/Cc4ccc(NC)cc4)C/C=C\C)cc3)nc(-c3ccc(-c4cccc(-c5ccc(NC)cc5)c4)cc3)n2)c1.CC. The van der Waals surface area contributed by atoms with Crippen LogP contribution in [0, 0.1) is 12.8 Å². The first-order chi connectivity index (χ1) is 37.8. The molecule has 0 radical (unpaired) electrons. The Morgan fingerprint density at radius 2 is 0.922 bits per heavy atom. The van der Waals surface area contributed by atoms with Gasteiger partial charge < -0.3 is 10.6 Å². The first kappa shape index (κ1) is 60.2. The Kier molecular flexibility index (Phi) is 26.7. The number of allylic oxidation sites excluding steroid dienone is 11. The Morgan fingerprint density at radius 3 is 1.43 bits per heavy atom. The highest BCUT2D eigenvalue weighted by Gasteiger charge is 2.15. The van der Waals surface area contributed by atoms with Crippen molar-refractivity contribution in [2.45, 2.75) is 46.5 Å². The van der Waals surface area contributed by atoms with Crippen LogP contribution in [0.3, 0.4) is 0 Å². The second kappa shape index (κ2) is 34.2. The maximum atomic E-state index is 5.18. The van der Waals surface area contributed by atoms with E-state index >= 15 is 0 Å². The fourth-order valence-corrected chi connectivity index (χ4v) is 7.90. The highest BCUT2D eigenvalue weighted by molar-refractivity contribution is 5.77. The van der Waals surface area contributed by atoms with Crippen molar-refractivity contribution < 1.29 is 0 Å². The fraction of sp³-hybridized carbons (Fsp3) is 0.125. The second-order valence-corrected chi connectivity index (χ2v) is 17.0. The fourth-order valence-electron chi connectivity index (χ4n) is 7.90. The molecule has 77 heavy (non-hydrogen) atoms. The van der Waals surface area contributed by atoms with Gasteiger partial charge in [-0.05, 0) is 131 Å². The molecule has 0 aliphatic rings. The van der Waals surface area contributed by atoms with Crippen LogP contribution in [0.2, 0.25) is 0 Å². The molecule has 0 fully saturated rings. The highest BCUT2D eigenvalue weighted by Crippen LogP contribution is 2.33. The van der Waals surface area contributed by atoms with E-state index in [1.807, 2.05) is 58.3 Å². The lowest BCUT2D eigenvalue weighted by Crippen LogP contribution is -2.01. The number of aromatic nitrogens is 3. The van der Waals surface area contributed by atoms with E-state index in [0.29, 0.717) is 17.5 Å². The molecule has 2 N–H and O–H groups in total. The molecular formula is C72H75N5. The molecule has 7 aromatic carbocycles. The minimum Gasteiger partial charge on any atom is -0.388 e. The number of hydrogen-bond acceptors (Lipinski definition) is 5. The quantitative estimate of drug-likeness (QED) is 0.0480. The number of rotatable bonds is 19. The van der Waals surface area contributed by atoms with Crippen LogP contribution in [-0.4, -0.2) is 29.0 Å². The van der Waals surface area contributed by atoms with Gasteiger partial charge in [-0.1, -0.05) is 222 Å². The Balaban J connectivity index is 0.000000761. The zero-order valence-electron chi connectivity index (χ0n) is 45.8. The van der Waals surface area contributed by atoms with E-state index in [2.05, 4.69) is 245 Å². The summed E-state index contributed by atoms with van der Waals surface area (Å²) in [7, 11) is 3.88. The maximum Gasteiger partial charge on any atom is 0.164 e. The van der Waals surface area contributed by atoms with Crippen molar-refractivity contribution >= 4 is 16.9 Å². The lowest BCUT2D eigenvalue weighted by atomic mass is 9.97. The lowest BCUT2D eigenvalue weighted by molar-refractivity contribution is 1.07. The van der Waals surface area contributed by atoms with E-state index in [0.717, 1.165) is 81.6 Å². The minimum atomic E-state index is 0.618. The number of nitrogens with one attached hydrogen (secondary N) is 2. The topological polar surface area (TPSA) is 62.7 Å². The van der Waals surface area contributed by atoms with Crippen molar-refractivity contribution in [3.63, 3.8) is 0 Å². The van der Waals surface area contributed by atoms with Crippen molar-refractivity contribution in [1.29, 1.82) is 0 Å². The molecule has 0 atom stereocenters. The highest BCUT2D eigenvalue weighted by atomic mass is 15.0. The summed E-state index contributed by atoms with van der Waals surface area (Å²) in [5.41, 5.74) is 16.7. The van der Waals surface area contributed by atoms with E-state index < -0.39 is 0 Å². The predicted octanol–water partition coefficient (Wildman–Crippen LogP) is 19.2. The van der Waals surface area contributed by atoms with Crippen LogP contribution < -0.4 is 10.6 Å². The van der Waals surface area contributed by atoms with E-state index in [-0.39, 0.29) is 0 Å². The number of nitrogens with zero attached hydrogens (tertiary/aromatic N) is 3. The molecular weight excluding hydrogens is 935 g/mol. The number of hydrogen-bond donors (Lipinski definition) is 2. The van der Waals surface area contributed by atoms with Gasteiger partial charge >= 0.3 is 0 Å². The van der Waals surface area contributed by atoms with Gasteiger partial charge in [0.05, 0.1) is 0 Å². The van der Waals surface area contributed by atoms with Crippen LogP contribution in [0.1, 0.15) is 50.3 Å². The average Bonchev–Trinajstić information content (AvgIpc) is 3.53. The third-order valence-electron chi connectivity index (χ3n) is 11.9. The summed E-state index contributed by atoms with van der Waals surface area (Å²) in [6.07, 6.45) is 30.7. The Hall–Kier alpha value is -9.37. The summed E-state index contributed by atoms with van der Waals surface area (Å²) in [4.78, 5) is 15.5. The molecule has 1 aromatic heterocycles. The zero-order valence-corrected chi connectivity index (χ0v) is 45.8. The normalized spacial score (nSPS) is 10.4. The maximum absolute atomic E-state index is 5.18. The molecule has 0 unspecified atom stereocenters. The molecule has 5 heteroatoms. The van der Waals surface area contributed by atoms with Gasteiger partial charge in [0.15, 0.2) is 17.5 Å². The van der Waals surface area contributed by atoms with Crippen molar-refractivity contribution in [2.24, 2.45) is 0 Å². The van der Waals surface area contributed by atoms with Crippen LogP contribution in [0.5, 0.6) is 0 Å². The van der Waals surface area contributed by atoms with Gasteiger partial charge in [-0.25, -0.2) is 15.0 Å².